The molecule has 0 N–H and O–H groups in total. The predicted octanol–water partition coefficient (Wildman–Crippen LogP) is 3.77. The Morgan fingerprint density at radius 3 is 2.50 bits per heavy atom. The maximum atomic E-state index is 12.5. The lowest BCUT2D eigenvalue weighted by Gasteiger charge is -2.20. The van der Waals surface area contributed by atoms with Gasteiger partial charge in [-0.2, -0.15) is 4.98 Å². The quantitative estimate of drug-likeness (QED) is 0.566. The number of methoxy groups -OCH3 is 1. The number of hydrogen-bond donors (Lipinski definition) is 0. The Bertz CT molecular complexity index is 876. The van der Waals surface area contributed by atoms with E-state index in [1.807, 2.05) is 54.3 Å². The summed E-state index contributed by atoms with van der Waals surface area (Å²) >= 11 is 0. The molecule has 3 aromatic rings. The van der Waals surface area contributed by atoms with Crippen molar-refractivity contribution >= 4 is 5.91 Å². The van der Waals surface area contributed by atoms with Crippen LogP contribution in [0.4, 0.5) is 0 Å². The van der Waals surface area contributed by atoms with Crippen molar-refractivity contribution in [3.05, 3.63) is 66.1 Å². The molecule has 0 spiro atoms. The average Bonchev–Trinajstić information content (AvgIpc) is 3.22. The molecule has 6 heteroatoms. The summed E-state index contributed by atoms with van der Waals surface area (Å²) in [7, 11) is 1.62. The molecule has 0 aliphatic carbocycles. The van der Waals surface area contributed by atoms with Crippen molar-refractivity contribution in [1.82, 2.24) is 15.0 Å². The summed E-state index contributed by atoms with van der Waals surface area (Å²) < 4.78 is 10.5. The fourth-order valence-corrected chi connectivity index (χ4v) is 2.95. The second-order valence-corrected chi connectivity index (χ2v) is 6.45. The van der Waals surface area contributed by atoms with Crippen LogP contribution in [0.15, 0.2) is 59.1 Å². The lowest BCUT2D eigenvalue weighted by molar-refractivity contribution is -0.131. The molecule has 6 nitrogen and oxygen atoms in total. The Balaban J connectivity index is 1.52. The molecule has 0 unspecified atom stereocenters. The molecule has 0 saturated carbocycles. The second kappa shape index (κ2) is 9.69. The highest BCUT2D eigenvalue weighted by Crippen LogP contribution is 2.20. The molecular weight excluding hydrogens is 354 g/mol. The Morgan fingerprint density at radius 2 is 1.82 bits per heavy atom. The third kappa shape index (κ3) is 5.19. The van der Waals surface area contributed by atoms with Crippen LogP contribution in [0, 0.1) is 0 Å². The second-order valence-electron chi connectivity index (χ2n) is 6.45. The van der Waals surface area contributed by atoms with Crippen LogP contribution in [0.25, 0.3) is 11.4 Å². The van der Waals surface area contributed by atoms with E-state index < -0.39 is 0 Å². The largest absolute Gasteiger partial charge is 0.497 e. The summed E-state index contributed by atoms with van der Waals surface area (Å²) in [4.78, 5) is 18.8. The van der Waals surface area contributed by atoms with Crippen LogP contribution in [0.5, 0.6) is 5.75 Å². The Hall–Kier alpha value is -3.15. The van der Waals surface area contributed by atoms with Gasteiger partial charge in [-0.15, -0.1) is 0 Å². The molecular formula is C22H25N3O3. The zero-order chi connectivity index (χ0) is 19.8. The minimum Gasteiger partial charge on any atom is -0.497 e. The van der Waals surface area contributed by atoms with E-state index >= 15 is 0 Å². The molecule has 3 rings (SSSR count). The summed E-state index contributed by atoms with van der Waals surface area (Å²) in [5.41, 5.74) is 2.08. The molecule has 0 saturated heterocycles. The van der Waals surface area contributed by atoms with Crippen LogP contribution in [-0.2, 0) is 17.6 Å². The molecule has 1 amide bonds. The molecule has 146 valence electrons. The van der Waals surface area contributed by atoms with E-state index in [9.17, 15) is 4.79 Å². The van der Waals surface area contributed by atoms with Gasteiger partial charge in [0.15, 0.2) is 0 Å². The third-order valence-corrected chi connectivity index (χ3v) is 4.62. The first-order valence-corrected chi connectivity index (χ1v) is 9.48. The number of aromatic nitrogens is 2. The number of hydrogen-bond acceptors (Lipinski definition) is 5. The number of ether oxygens (including phenoxy) is 1. The first kappa shape index (κ1) is 19.6. The number of aryl methyl sites for hydroxylation is 1. The van der Waals surface area contributed by atoms with E-state index in [1.54, 1.807) is 7.11 Å². The Labute approximate surface area is 165 Å². The van der Waals surface area contributed by atoms with Gasteiger partial charge in [0.05, 0.1) is 7.11 Å². The van der Waals surface area contributed by atoms with Crippen molar-refractivity contribution in [2.45, 2.75) is 26.2 Å². The lowest BCUT2D eigenvalue weighted by atomic mass is 10.1. The van der Waals surface area contributed by atoms with Crippen LogP contribution in [-0.4, -0.2) is 41.1 Å². The molecule has 0 bridgehead atoms. The van der Waals surface area contributed by atoms with Gasteiger partial charge in [-0.3, -0.25) is 4.79 Å². The van der Waals surface area contributed by atoms with Crippen LogP contribution in [0.2, 0.25) is 0 Å². The average molecular weight is 379 g/mol. The van der Waals surface area contributed by atoms with Gasteiger partial charge < -0.3 is 14.2 Å². The van der Waals surface area contributed by atoms with E-state index in [-0.39, 0.29) is 5.91 Å². The van der Waals surface area contributed by atoms with Gasteiger partial charge in [0.1, 0.15) is 5.75 Å². The van der Waals surface area contributed by atoms with Crippen molar-refractivity contribution in [2.75, 3.05) is 20.2 Å². The van der Waals surface area contributed by atoms with Gasteiger partial charge in [-0.1, -0.05) is 35.5 Å². The zero-order valence-corrected chi connectivity index (χ0v) is 16.3. The topological polar surface area (TPSA) is 68.5 Å². The molecule has 0 atom stereocenters. The Morgan fingerprint density at radius 1 is 1.07 bits per heavy atom. The van der Waals surface area contributed by atoms with Gasteiger partial charge in [0.2, 0.25) is 17.6 Å². The van der Waals surface area contributed by atoms with Gasteiger partial charge >= 0.3 is 0 Å². The molecule has 0 radical (unpaired) electrons. The number of rotatable bonds is 9. The number of likely N-dealkylation sites (N-methyl/N-ethyl adjacent to an activating group) is 1. The van der Waals surface area contributed by atoms with Crippen LogP contribution in [0.1, 0.15) is 24.8 Å². The number of carbonyl (C=O) groups excluding carboxylic acids is 1. The first-order chi connectivity index (χ1) is 13.7. The maximum absolute atomic E-state index is 12.5. The number of nitrogens with zero attached hydrogens (tertiary/aromatic N) is 3. The number of benzene rings is 2. The highest BCUT2D eigenvalue weighted by atomic mass is 16.5. The fourth-order valence-electron chi connectivity index (χ4n) is 2.95. The SMILES string of the molecule is CCN(CCc1ccccc1)C(=O)CCc1nc(-c2ccc(OC)cc2)no1. The van der Waals surface area contributed by atoms with Crippen LogP contribution in [0.3, 0.4) is 0 Å². The number of carbonyl (C=O) groups is 1. The maximum Gasteiger partial charge on any atom is 0.227 e. The zero-order valence-electron chi connectivity index (χ0n) is 16.3. The molecule has 0 aliphatic rings. The highest BCUT2D eigenvalue weighted by molar-refractivity contribution is 5.76. The van der Waals surface area contributed by atoms with Gasteiger partial charge in [0.25, 0.3) is 0 Å². The van der Waals surface area contributed by atoms with E-state index in [4.69, 9.17) is 9.26 Å². The first-order valence-electron chi connectivity index (χ1n) is 9.48. The standard InChI is InChI=1S/C22H25N3O3/c1-3-25(16-15-17-7-5-4-6-8-17)21(26)14-13-20-23-22(24-28-20)18-9-11-19(27-2)12-10-18/h4-12H,3,13-16H2,1-2H3. The van der Waals surface area contributed by atoms with Gasteiger partial charge in [-0.05, 0) is 43.2 Å². The summed E-state index contributed by atoms with van der Waals surface area (Å²) in [5, 5.41) is 4.01. The molecule has 0 aliphatic heterocycles. The molecule has 0 fully saturated rings. The summed E-state index contributed by atoms with van der Waals surface area (Å²) in [6, 6.07) is 17.6. The summed E-state index contributed by atoms with van der Waals surface area (Å²) in [5.74, 6) is 1.86. The van der Waals surface area contributed by atoms with Crippen molar-refractivity contribution < 1.29 is 14.1 Å². The molecule has 1 aromatic heterocycles. The van der Waals surface area contributed by atoms with Crippen molar-refractivity contribution in [1.29, 1.82) is 0 Å². The molecule has 28 heavy (non-hydrogen) atoms. The Kier molecular flexibility index (Phi) is 6.78. The molecule has 2 aromatic carbocycles. The lowest BCUT2D eigenvalue weighted by Crippen LogP contribution is -2.32. The van der Waals surface area contributed by atoms with E-state index in [0.717, 1.165) is 17.7 Å². The highest BCUT2D eigenvalue weighted by Gasteiger charge is 2.15. The normalized spacial score (nSPS) is 10.6. The van der Waals surface area contributed by atoms with E-state index in [2.05, 4.69) is 22.3 Å². The van der Waals surface area contributed by atoms with Crippen molar-refractivity contribution in [2.24, 2.45) is 0 Å². The van der Waals surface area contributed by atoms with Crippen molar-refractivity contribution in [3.63, 3.8) is 0 Å². The third-order valence-electron chi connectivity index (χ3n) is 4.62. The fraction of sp³-hybridized carbons (Fsp3) is 0.318. The minimum atomic E-state index is 0.0997. The predicted molar refractivity (Wildman–Crippen MR) is 107 cm³/mol. The monoisotopic (exact) mass is 379 g/mol. The van der Waals surface area contributed by atoms with Crippen LogP contribution >= 0.6 is 0 Å². The van der Waals surface area contributed by atoms with Gasteiger partial charge in [0, 0.05) is 31.5 Å². The summed E-state index contributed by atoms with van der Waals surface area (Å²) in [6.07, 6.45) is 1.64. The smallest absolute Gasteiger partial charge is 0.227 e. The van der Waals surface area contributed by atoms with E-state index in [1.165, 1.54) is 5.56 Å². The minimum absolute atomic E-state index is 0.0997. The van der Waals surface area contributed by atoms with Gasteiger partial charge in [-0.25, -0.2) is 0 Å². The summed E-state index contributed by atoms with van der Waals surface area (Å²) in [6.45, 7) is 3.39. The van der Waals surface area contributed by atoms with Crippen molar-refractivity contribution in [3.8, 4) is 17.1 Å². The molecule has 1 heterocycles. The van der Waals surface area contributed by atoms with Crippen LogP contribution < -0.4 is 4.74 Å². The van der Waals surface area contributed by atoms with E-state index in [0.29, 0.717) is 37.6 Å². The number of amides is 1.